The first-order chi connectivity index (χ1) is 10.1. The number of nitrogens with zero attached hydrogens (tertiary/aromatic N) is 1. The van der Waals surface area contributed by atoms with Gasteiger partial charge in [0, 0.05) is 23.1 Å². The highest BCUT2D eigenvalue weighted by molar-refractivity contribution is 6.35. The average molecular weight is 302 g/mol. The number of hydrogen-bond donors (Lipinski definition) is 0. The van der Waals surface area contributed by atoms with E-state index in [1.54, 1.807) is 24.3 Å². The van der Waals surface area contributed by atoms with E-state index < -0.39 is 4.92 Å². The Morgan fingerprint density at radius 3 is 2.48 bits per heavy atom. The smallest absolute Gasteiger partial charge is 0.269 e. The fourth-order valence-electron chi connectivity index (χ4n) is 2.01. The van der Waals surface area contributed by atoms with Crippen LogP contribution in [0.5, 0.6) is 0 Å². The maximum atomic E-state index is 12.3. The summed E-state index contributed by atoms with van der Waals surface area (Å²) in [4.78, 5) is 22.4. The first kappa shape index (κ1) is 13.3. The van der Waals surface area contributed by atoms with E-state index in [1.165, 1.54) is 24.3 Å². The summed E-state index contributed by atoms with van der Waals surface area (Å²) in [5.74, 6) is -0.205. The SMILES string of the molecule is O=C(c1ccc([N+](=O)[O-])cc1)c1cc2c(Cl)cccc2o1. The van der Waals surface area contributed by atoms with E-state index in [9.17, 15) is 14.9 Å². The molecule has 0 bridgehead atoms. The molecule has 21 heavy (non-hydrogen) atoms. The van der Waals surface area contributed by atoms with E-state index in [1.807, 2.05) is 0 Å². The normalized spacial score (nSPS) is 10.7. The molecule has 0 saturated carbocycles. The highest BCUT2D eigenvalue weighted by atomic mass is 35.5. The maximum Gasteiger partial charge on any atom is 0.269 e. The first-order valence-corrected chi connectivity index (χ1v) is 6.41. The number of nitro benzene ring substituents is 1. The molecule has 0 unspecified atom stereocenters. The molecule has 1 aromatic heterocycles. The van der Waals surface area contributed by atoms with Gasteiger partial charge in [-0.2, -0.15) is 0 Å². The van der Waals surface area contributed by atoms with Gasteiger partial charge >= 0.3 is 0 Å². The minimum atomic E-state index is -0.519. The Balaban J connectivity index is 2.00. The number of furan rings is 1. The van der Waals surface area contributed by atoms with Crippen LogP contribution >= 0.6 is 11.6 Å². The molecule has 0 saturated heterocycles. The van der Waals surface area contributed by atoms with Gasteiger partial charge in [0.15, 0.2) is 5.76 Å². The monoisotopic (exact) mass is 301 g/mol. The van der Waals surface area contributed by atoms with Crippen LogP contribution in [0.15, 0.2) is 52.9 Å². The van der Waals surface area contributed by atoms with E-state index in [4.69, 9.17) is 16.0 Å². The molecule has 2 aromatic carbocycles. The van der Waals surface area contributed by atoms with Crippen molar-refractivity contribution in [2.45, 2.75) is 0 Å². The van der Waals surface area contributed by atoms with Crippen molar-refractivity contribution in [2.75, 3.05) is 0 Å². The summed E-state index contributed by atoms with van der Waals surface area (Å²) in [5, 5.41) is 11.8. The fourth-order valence-corrected chi connectivity index (χ4v) is 2.23. The van der Waals surface area contributed by atoms with Crippen LogP contribution in [-0.4, -0.2) is 10.7 Å². The molecule has 3 aromatic rings. The summed E-state index contributed by atoms with van der Waals surface area (Å²) in [6, 6.07) is 12.1. The molecule has 3 rings (SSSR count). The summed E-state index contributed by atoms with van der Waals surface area (Å²) in [6.07, 6.45) is 0. The molecule has 0 atom stereocenters. The van der Waals surface area contributed by atoms with Gasteiger partial charge in [0.2, 0.25) is 5.78 Å². The summed E-state index contributed by atoms with van der Waals surface area (Å²) < 4.78 is 5.47. The Morgan fingerprint density at radius 1 is 1.14 bits per heavy atom. The van der Waals surface area contributed by atoms with Crippen molar-refractivity contribution in [1.82, 2.24) is 0 Å². The topological polar surface area (TPSA) is 73.3 Å². The van der Waals surface area contributed by atoms with Crippen molar-refractivity contribution in [3.63, 3.8) is 0 Å². The number of nitro groups is 1. The highest BCUT2D eigenvalue weighted by Crippen LogP contribution is 2.28. The largest absolute Gasteiger partial charge is 0.453 e. The van der Waals surface area contributed by atoms with Crippen LogP contribution in [-0.2, 0) is 0 Å². The van der Waals surface area contributed by atoms with Gasteiger partial charge in [-0.15, -0.1) is 0 Å². The van der Waals surface area contributed by atoms with Crippen molar-refractivity contribution in [2.24, 2.45) is 0 Å². The molecular formula is C15H8ClNO4. The predicted molar refractivity (Wildman–Crippen MR) is 77.8 cm³/mol. The van der Waals surface area contributed by atoms with Crippen molar-refractivity contribution in [3.05, 3.63) is 75.0 Å². The number of ketones is 1. The Bertz CT molecular complexity index is 852. The third kappa shape index (κ3) is 2.39. The molecule has 5 nitrogen and oxygen atoms in total. The second kappa shape index (κ2) is 5.03. The fraction of sp³-hybridized carbons (Fsp3) is 0. The molecular weight excluding hydrogens is 294 g/mol. The molecule has 6 heteroatoms. The van der Waals surface area contributed by atoms with Crippen molar-refractivity contribution in [1.29, 1.82) is 0 Å². The Morgan fingerprint density at radius 2 is 1.86 bits per heavy atom. The van der Waals surface area contributed by atoms with E-state index in [2.05, 4.69) is 0 Å². The number of carbonyl (C=O) groups excluding carboxylic acids is 1. The average Bonchev–Trinajstić information content (AvgIpc) is 2.92. The molecule has 0 N–H and O–H groups in total. The van der Waals surface area contributed by atoms with Crippen LogP contribution in [0, 0.1) is 10.1 Å². The van der Waals surface area contributed by atoms with Gasteiger partial charge in [-0.05, 0) is 30.3 Å². The highest BCUT2D eigenvalue weighted by Gasteiger charge is 2.16. The number of carbonyl (C=O) groups is 1. The van der Waals surface area contributed by atoms with Crippen LogP contribution in [0.3, 0.4) is 0 Å². The van der Waals surface area contributed by atoms with Gasteiger partial charge < -0.3 is 4.42 Å². The van der Waals surface area contributed by atoms with Crippen molar-refractivity contribution >= 4 is 34.0 Å². The standard InChI is InChI=1S/C15H8ClNO4/c16-12-2-1-3-13-11(12)8-14(21-13)15(18)9-4-6-10(7-5-9)17(19)20/h1-8H. The van der Waals surface area contributed by atoms with Gasteiger partial charge in [0.05, 0.1) is 9.95 Å². The Labute approximate surface area is 123 Å². The van der Waals surface area contributed by atoms with Gasteiger partial charge in [-0.1, -0.05) is 17.7 Å². The van der Waals surface area contributed by atoms with Gasteiger partial charge in [-0.3, -0.25) is 14.9 Å². The molecule has 0 fully saturated rings. The zero-order valence-corrected chi connectivity index (χ0v) is 11.3. The Kier molecular flexibility index (Phi) is 3.19. The van der Waals surface area contributed by atoms with Crippen LogP contribution in [0.1, 0.15) is 16.1 Å². The van der Waals surface area contributed by atoms with E-state index in [0.717, 1.165) is 0 Å². The zero-order valence-electron chi connectivity index (χ0n) is 10.6. The molecule has 1 heterocycles. The number of non-ortho nitro benzene ring substituents is 1. The lowest BCUT2D eigenvalue weighted by molar-refractivity contribution is -0.384. The van der Waals surface area contributed by atoms with Crippen LogP contribution in [0.2, 0.25) is 5.02 Å². The lowest BCUT2D eigenvalue weighted by Crippen LogP contribution is -1.99. The van der Waals surface area contributed by atoms with Gasteiger partial charge in [0.25, 0.3) is 5.69 Å². The first-order valence-electron chi connectivity index (χ1n) is 6.03. The van der Waals surface area contributed by atoms with E-state index in [0.29, 0.717) is 21.6 Å². The number of benzene rings is 2. The molecule has 104 valence electrons. The summed E-state index contributed by atoms with van der Waals surface area (Å²) >= 11 is 6.03. The number of halogens is 1. The van der Waals surface area contributed by atoms with E-state index >= 15 is 0 Å². The van der Waals surface area contributed by atoms with Crippen molar-refractivity contribution in [3.8, 4) is 0 Å². The molecule has 0 radical (unpaired) electrons. The zero-order chi connectivity index (χ0) is 15.0. The third-order valence-corrected chi connectivity index (χ3v) is 3.40. The predicted octanol–water partition coefficient (Wildman–Crippen LogP) is 4.23. The maximum absolute atomic E-state index is 12.3. The molecule has 0 spiro atoms. The summed E-state index contributed by atoms with van der Waals surface area (Å²) in [6.45, 7) is 0. The summed E-state index contributed by atoms with van der Waals surface area (Å²) in [7, 11) is 0. The quantitative estimate of drug-likeness (QED) is 0.412. The van der Waals surface area contributed by atoms with Crippen LogP contribution in [0.25, 0.3) is 11.0 Å². The molecule has 0 aliphatic rings. The molecule has 0 aliphatic carbocycles. The van der Waals surface area contributed by atoms with Crippen LogP contribution in [0.4, 0.5) is 5.69 Å². The minimum absolute atomic E-state index is 0.0702. The van der Waals surface area contributed by atoms with Gasteiger partial charge in [0.1, 0.15) is 5.58 Å². The minimum Gasteiger partial charge on any atom is -0.453 e. The number of hydrogen-bond acceptors (Lipinski definition) is 4. The second-order valence-electron chi connectivity index (χ2n) is 4.40. The van der Waals surface area contributed by atoms with Gasteiger partial charge in [-0.25, -0.2) is 0 Å². The summed E-state index contributed by atoms with van der Waals surface area (Å²) in [5.41, 5.74) is 0.766. The Hall–Kier alpha value is -2.66. The lowest BCUT2D eigenvalue weighted by Gasteiger charge is -1.97. The second-order valence-corrected chi connectivity index (χ2v) is 4.80. The molecule has 0 aliphatic heterocycles. The lowest BCUT2D eigenvalue weighted by atomic mass is 10.1. The molecule has 0 amide bonds. The van der Waals surface area contributed by atoms with Crippen molar-refractivity contribution < 1.29 is 14.1 Å². The number of rotatable bonds is 3. The third-order valence-electron chi connectivity index (χ3n) is 3.07. The number of fused-ring (bicyclic) bond motifs is 1. The van der Waals surface area contributed by atoms with E-state index in [-0.39, 0.29) is 17.2 Å². The van der Waals surface area contributed by atoms with Crippen LogP contribution < -0.4 is 0 Å².